The quantitative estimate of drug-likeness (QED) is 0.380. The van der Waals surface area contributed by atoms with Gasteiger partial charge in [0.05, 0.1) is 14.2 Å². The molecular formula is C27H36N4O5S. The first kappa shape index (κ1) is 28.3. The predicted octanol–water partition coefficient (Wildman–Crippen LogP) is 5.15. The molecule has 2 heterocycles. The van der Waals surface area contributed by atoms with E-state index in [-0.39, 0.29) is 17.6 Å². The van der Waals surface area contributed by atoms with Crippen LogP contribution in [-0.2, 0) is 11.3 Å². The Labute approximate surface area is 222 Å². The second-order valence-corrected chi connectivity index (χ2v) is 10.7. The Kier molecular flexibility index (Phi) is 9.07. The van der Waals surface area contributed by atoms with E-state index in [1.807, 2.05) is 52.1 Å². The maximum atomic E-state index is 13.9. The van der Waals surface area contributed by atoms with Crippen LogP contribution in [0.1, 0.15) is 32.8 Å². The molecule has 2 aromatic rings. The molecule has 0 N–H and O–H groups in total. The van der Waals surface area contributed by atoms with Crippen molar-refractivity contribution >= 4 is 35.6 Å². The van der Waals surface area contributed by atoms with Crippen LogP contribution < -0.4 is 15.0 Å². The van der Waals surface area contributed by atoms with Gasteiger partial charge >= 0.3 is 6.09 Å². The van der Waals surface area contributed by atoms with Crippen LogP contribution in [0.15, 0.2) is 39.0 Å². The van der Waals surface area contributed by atoms with Crippen molar-refractivity contribution < 1.29 is 19.0 Å². The summed E-state index contributed by atoms with van der Waals surface area (Å²) in [6, 6.07) is 7.21. The van der Waals surface area contributed by atoms with E-state index in [4.69, 9.17) is 14.2 Å². The molecule has 200 valence electrons. The average molecular weight is 529 g/mol. The molecule has 0 aliphatic carbocycles. The van der Waals surface area contributed by atoms with Crippen molar-refractivity contribution in [3.8, 4) is 22.6 Å². The lowest BCUT2D eigenvalue weighted by molar-refractivity contribution is 0.0287. The number of hydrogen-bond donors (Lipinski definition) is 0. The van der Waals surface area contributed by atoms with Crippen molar-refractivity contribution in [2.24, 2.45) is 15.9 Å². The van der Waals surface area contributed by atoms with Gasteiger partial charge in [0.2, 0.25) is 0 Å². The second-order valence-electron chi connectivity index (χ2n) is 9.92. The van der Waals surface area contributed by atoms with E-state index in [0.29, 0.717) is 53.2 Å². The number of benzene rings is 1. The monoisotopic (exact) mass is 528 g/mol. The molecule has 0 spiro atoms. The van der Waals surface area contributed by atoms with Crippen LogP contribution in [-0.4, -0.2) is 66.6 Å². The number of ether oxygens (including phenoxy) is 3. The van der Waals surface area contributed by atoms with Crippen molar-refractivity contribution in [2.75, 3.05) is 33.6 Å². The topological polar surface area (TPSA) is 94.7 Å². The van der Waals surface area contributed by atoms with Crippen LogP contribution in [0.2, 0.25) is 0 Å². The fourth-order valence-electron chi connectivity index (χ4n) is 4.25. The summed E-state index contributed by atoms with van der Waals surface area (Å²) in [5, 5.41) is 0.467. The number of rotatable bonds is 6. The highest BCUT2D eigenvalue weighted by Crippen LogP contribution is 2.32. The highest BCUT2D eigenvalue weighted by molar-refractivity contribution is 8.13. The summed E-state index contributed by atoms with van der Waals surface area (Å²) in [7, 11) is 3.14. The molecule has 0 bridgehead atoms. The van der Waals surface area contributed by atoms with E-state index in [2.05, 4.69) is 16.7 Å². The van der Waals surface area contributed by atoms with Gasteiger partial charge in [-0.1, -0.05) is 11.8 Å². The molecule has 1 saturated heterocycles. The molecule has 0 radical (unpaired) electrons. The van der Waals surface area contributed by atoms with Crippen molar-refractivity contribution in [3.63, 3.8) is 0 Å². The van der Waals surface area contributed by atoms with Gasteiger partial charge in [-0.3, -0.25) is 9.36 Å². The largest absolute Gasteiger partial charge is 0.497 e. The Morgan fingerprint density at radius 1 is 1.16 bits per heavy atom. The molecule has 1 aromatic heterocycles. The van der Waals surface area contributed by atoms with Gasteiger partial charge in [0.25, 0.3) is 5.56 Å². The Morgan fingerprint density at radius 2 is 1.81 bits per heavy atom. The average Bonchev–Trinajstić information content (AvgIpc) is 3.33. The summed E-state index contributed by atoms with van der Waals surface area (Å²) in [4.78, 5) is 36.9. The van der Waals surface area contributed by atoms with E-state index in [1.165, 1.54) is 11.8 Å². The number of amidine groups is 1. The van der Waals surface area contributed by atoms with E-state index < -0.39 is 5.60 Å². The third-order valence-electron chi connectivity index (χ3n) is 6.00. The molecule has 1 atom stereocenters. The Balaban J connectivity index is 2.06. The highest BCUT2D eigenvalue weighted by Gasteiger charge is 2.31. The Bertz CT molecular complexity index is 1230. The molecule has 3 rings (SSSR count). The summed E-state index contributed by atoms with van der Waals surface area (Å²) in [5.74, 6) is 1.76. The molecule has 9 nitrogen and oxygen atoms in total. The summed E-state index contributed by atoms with van der Waals surface area (Å²) in [6.07, 6.45) is 2.27. The molecule has 1 aromatic carbocycles. The zero-order valence-corrected chi connectivity index (χ0v) is 23.5. The fourth-order valence-corrected chi connectivity index (χ4v) is 4.56. The first-order valence-electron chi connectivity index (χ1n) is 12.0. The smallest absolute Gasteiger partial charge is 0.410 e. The minimum absolute atomic E-state index is 0.0584. The van der Waals surface area contributed by atoms with Crippen molar-refractivity contribution in [3.05, 3.63) is 40.2 Å². The summed E-state index contributed by atoms with van der Waals surface area (Å²) in [5.41, 5.74) is 1.24. The lowest BCUT2D eigenvalue weighted by atomic mass is 10.0. The molecule has 37 heavy (non-hydrogen) atoms. The normalized spacial score (nSPS) is 16.0. The van der Waals surface area contributed by atoms with Crippen LogP contribution in [0.4, 0.5) is 10.6 Å². The lowest BCUT2D eigenvalue weighted by Crippen LogP contribution is -2.36. The number of likely N-dealkylation sites (tertiary alicyclic amines) is 1. The molecule has 1 amide bonds. The van der Waals surface area contributed by atoms with Crippen LogP contribution in [0.5, 0.6) is 11.5 Å². The van der Waals surface area contributed by atoms with Gasteiger partial charge in [0, 0.05) is 31.3 Å². The maximum Gasteiger partial charge on any atom is 0.410 e. The number of aliphatic imine (C=N–C) groups is 2. The van der Waals surface area contributed by atoms with Gasteiger partial charge in [-0.25, -0.2) is 14.8 Å². The van der Waals surface area contributed by atoms with E-state index in [9.17, 15) is 9.59 Å². The number of carbonyl (C=O) groups excluding carboxylic acids is 1. The minimum Gasteiger partial charge on any atom is -0.497 e. The number of amides is 1. The zero-order chi connectivity index (χ0) is 27.3. The van der Waals surface area contributed by atoms with E-state index >= 15 is 0 Å². The molecule has 10 heteroatoms. The summed E-state index contributed by atoms with van der Waals surface area (Å²) < 4.78 is 18.1. The van der Waals surface area contributed by atoms with Crippen molar-refractivity contribution in [1.29, 1.82) is 0 Å². The Morgan fingerprint density at radius 3 is 2.35 bits per heavy atom. The number of pyridine rings is 1. The fraction of sp³-hybridized carbons (Fsp3) is 0.481. The molecule has 1 aliphatic rings. The van der Waals surface area contributed by atoms with Gasteiger partial charge < -0.3 is 19.1 Å². The number of aromatic nitrogens is 1. The third-order valence-corrected chi connectivity index (χ3v) is 6.59. The SMILES string of the molecule is C=N/C(=N\c1c(C)cc(-c2cc(OC)cc(OC)c2)c(=O)n1C[C@@H]1CCN(C(=O)OC(C)(C)C)C1)SC. The first-order valence-corrected chi connectivity index (χ1v) is 13.3. The predicted molar refractivity (Wildman–Crippen MR) is 150 cm³/mol. The zero-order valence-electron chi connectivity index (χ0n) is 22.7. The highest BCUT2D eigenvalue weighted by atomic mass is 32.2. The van der Waals surface area contributed by atoms with Gasteiger partial charge in [-0.05, 0) is 82.3 Å². The molecule has 0 unspecified atom stereocenters. The van der Waals surface area contributed by atoms with Crippen LogP contribution >= 0.6 is 11.8 Å². The van der Waals surface area contributed by atoms with Gasteiger partial charge in [0.15, 0.2) is 5.17 Å². The number of methoxy groups -OCH3 is 2. The first-order chi connectivity index (χ1) is 17.5. The Hall–Kier alpha value is -3.27. The molecule has 1 fully saturated rings. The molecule has 1 aliphatic heterocycles. The summed E-state index contributed by atoms with van der Waals surface area (Å²) in [6.45, 7) is 12.5. The standard InChI is InChI=1S/C27H36N4O5S/c1-17-11-22(19-12-20(34-6)14-21(13-19)35-7)24(32)31(23(17)29-25(28-5)37-8)16-18-9-10-30(15-18)26(33)36-27(2,3)4/h11-14,18H,5,9-10,15-16H2,1-4,6-8H3/b29-25+/t18-/m1/s1. The number of thioether (sulfide) groups is 1. The van der Waals surface area contributed by atoms with Crippen LogP contribution in [0.3, 0.4) is 0 Å². The molecule has 0 saturated carbocycles. The number of hydrogen-bond acceptors (Lipinski definition) is 7. The minimum atomic E-state index is -0.566. The number of nitrogens with zero attached hydrogens (tertiary/aromatic N) is 4. The second kappa shape index (κ2) is 11.9. The van der Waals surface area contributed by atoms with Gasteiger partial charge in [-0.15, -0.1) is 0 Å². The molecular weight excluding hydrogens is 492 g/mol. The lowest BCUT2D eigenvalue weighted by Gasteiger charge is -2.24. The van der Waals surface area contributed by atoms with Crippen molar-refractivity contribution in [2.45, 2.75) is 46.3 Å². The number of aryl methyl sites for hydroxylation is 1. The van der Waals surface area contributed by atoms with E-state index in [1.54, 1.807) is 29.8 Å². The van der Waals surface area contributed by atoms with Crippen LogP contribution in [0, 0.1) is 12.8 Å². The maximum absolute atomic E-state index is 13.9. The van der Waals surface area contributed by atoms with Crippen molar-refractivity contribution in [1.82, 2.24) is 9.47 Å². The van der Waals surface area contributed by atoms with Crippen LogP contribution in [0.25, 0.3) is 11.1 Å². The number of carbonyl (C=O) groups is 1. The van der Waals surface area contributed by atoms with Gasteiger partial charge in [-0.2, -0.15) is 0 Å². The van der Waals surface area contributed by atoms with Gasteiger partial charge in [0.1, 0.15) is 22.9 Å². The summed E-state index contributed by atoms with van der Waals surface area (Å²) >= 11 is 1.35. The third kappa shape index (κ3) is 6.94. The van der Waals surface area contributed by atoms with E-state index in [0.717, 1.165) is 12.0 Å².